The molecule has 0 fully saturated rings. The number of aromatic nitrogens is 2. The summed E-state index contributed by atoms with van der Waals surface area (Å²) in [6, 6.07) is 7.61. The van der Waals surface area contributed by atoms with Crippen LogP contribution >= 0.6 is 0 Å². The highest BCUT2D eigenvalue weighted by atomic mass is 14.9. The van der Waals surface area contributed by atoms with Gasteiger partial charge in [0.1, 0.15) is 0 Å². The van der Waals surface area contributed by atoms with E-state index in [-0.39, 0.29) is 0 Å². The van der Waals surface area contributed by atoms with E-state index in [0.29, 0.717) is 17.1 Å². The van der Waals surface area contributed by atoms with Gasteiger partial charge in [-0.1, -0.05) is 12.1 Å². The molecular weight excluding hydrogens is 188 g/mol. The van der Waals surface area contributed by atoms with Crippen LogP contribution in [0.1, 0.15) is 11.4 Å². The Labute approximate surface area is 85.9 Å². The smallest absolute Gasteiger partial charge is 0.361 e. The molecule has 0 aliphatic heterocycles. The molecule has 0 saturated heterocycles. The first-order valence-electron chi connectivity index (χ1n) is 4.55. The minimum absolute atomic E-state index is 0.446. The first-order chi connectivity index (χ1) is 7.42. The molecule has 0 spiro atoms. The molecule has 2 aromatic rings. The maximum absolute atomic E-state index is 8.97. The molecule has 0 amide bonds. The van der Waals surface area contributed by atoms with E-state index in [1.54, 1.807) is 12.4 Å². The summed E-state index contributed by atoms with van der Waals surface area (Å²) in [5.41, 5.74) is 12.7. The van der Waals surface area contributed by atoms with Gasteiger partial charge in [-0.2, -0.15) is 4.79 Å². The second-order valence-corrected chi connectivity index (χ2v) is 3.25. The van der Waals surface area contributed by atoms with Gasteiger partial charge in [-0.25, -0.2) is 9.97 Å². The van der Waals surface area contributed by atoms with E-state index in [9.17, 15) is 0 Å². The van der Waals surface area contributed by atoms with Gasteiger partial charge in [-0.05, 0) is 12.1 Å². The van der Waals surface area contributed by atoms with Crippen LogP contribution in [0.3, 0.4) is 0 Å². The molecule has 1 aliphatic rings. The van der Waals surface area contributed by atoms with Crippen LogP contribution in [0, 0.1) is 0 Å². The lowest BCUT2D eigenvalue weighted by molar-refractivity contribution is -0.00306. The van der Waals surface area contributed by atoms with E-state index in [2.05, 4.69) is 14.8 Å². The Morgan fingerprint density at radius 3 is 1.93 bits per heavy atom. The van der Waals surface area contributed by atoms with Crippen LogP contribution in [0.2, 0.25) is 0 Å². The Hall–Kier alpha value is -2.32. The van der Waals surface area contributed by atoms with Crippen LogP contribution < -0.4 is 0 Å². The van der Waals surface area contributed by atoms with Crippen molar-refractivity contribution in [3.8, 4) is 11.1 Å². The molecule has 4 heteroatoms. The van der Waals surface area contributed by atoms with E-state index in [1.165, 1.54) is 0 Å². The van der Waals surface area contributed by atoms with Crippen LogP contribution in [0.5, 0.6) is 0 Å². The third kappa shape index (κ3) is 0.965. The molecule has 0 aromatic carbocycles. The molecule has 0 bridgehead atoms. The molecular formula is C11H6N4. The van der Waals surface area contributed by atoms with Crippen molar-refractivity contribution in [3.63, 3.8) is 0 Å². The van der Waals surface area contributed by atoms with Crippen LogP contribution in [-0.2, 0) is 0 Å². The van der Waals surface area contributed by atoms with Gasteiger partial charge in [0.25, 0.3) is 0 Å². The lowest BCUT2D eigenvalue weighted by Gasteiger charge is -1.94. The number of fused-ring (bicyclic) bond motifs is 3. The molecule has 0 N–H and O–H groups in total. The summed E-state index contributed by atoms with van der Waals surface area (Å²) in [6.07, 6.45) is 3.35. The van der Waals surface area contributed by atoms with E-state index in [1.807, 2.05) is 24.3 Å². The van der Waals surface area contributed by atoms with Crippen LogP contribution in [0.25, 0.3) is 16.7 Å². The van der Waals surface area contributed by atoms with Crippen molar-refractivity contribution < 1.29 is 4.79 Å². The number of hydrogen-bond acceptors (Lipinski definition) is 2. The molecule has 0 atom stereocenters. The molecule has 2 aromatic heterocycles. The molecule has 0 saturated carbocycles. The number of rotatable bonds is 0. The van der Waals surface area contributed by atoms with Crippen molar-refractivity contribution in [3.05, 3.63) is 53.6 Å². The van der Waals surface area contributed by atoms with E-state index >= 15 is 0 Å². The monoisotopic (exact) mass is 194 g/mol. The molecule has 2 heterocycles. The summed E-state index contributed by atoms with van der Waals surface area (Å²) in [7, 11) is 0. The minimum Gasteiger partial charge on any atom is -0.361 e. The van der Waals surface area contributed by atoms with Crippen molar-refractivity contribution >= 4 is 5.71 Å². The first-order valence-corrected chi connectivity index (χ1v) is 4.55. The zero-order valence-electron chi connectivity index (χ0n) is 7.75. The Morgan fingerprint density at radius 2 is 1.47 bits per heavy atom. The Morgan fingerprint density at radius 1 is 0.933 bits per heavy atom. The van der Waals surface area contributed by atoms with Gasteiger partial charge in [0.15, 0.2) is 11.4 Å². The Balaban J connectivity index is 2.47. The van der Waals surface area contributed by atoms with E-state index in [0.717, 1.165) is 11.1 Å². The zero-order valence-corrected chi connectivity index (χ0v) is 7.75. The van der Waals surface area contributed by atoms with Gasteiger partial charge >= 0.3 is 5.71 Å². The SMILES string of the molecule is [N-]=[N+]=C1c2ncccc2-c2cccnc21. The second kappa shape index (κ2) is 2.83. The van der Waals surface area contributed by atoms with Crippen molar-refractivity contribution in [1.29, 1.82) is 0 Å². The maximum atomic E-state index is 8.97. The molecule has 4 nitrogen and oxygen atoms in total. The Kier molecular flexibility index (Phi) is 1.52. The lowest BCUT2D eigenvalue weighted by atomic mass is 10.1. The van der Waals surface area contributed by atoms with Gasteiger partial charge in [-0.3, -0.25) is 0 Å². The average molecular weight is 194 g/mol. The van der Waals surface area contributed by atoms with E-state index < -0.39 is 0 Å². The largest absolute Gasteiger partial charge is 0.367 e. The summed E-state index contributed by atoms with van der Waals surface area (Å²) < 4.78 is 0. The fourth-order valence-corrected chi connectivity index (χ4v) is 1.83. The predicted molar refractivity (Wildman–Crippen MR) is 54.3 cm³/mol. The molecule has 0 unspecified atom stereocenters. The normalized spacial score (nSPS) is 11.9. The number of nitrogens with zero attached hydrogens (tertiary/aromatic N) is 4. The van der Waals surface area contributed by atoms with Gasteiger partial charge in [0, 0.05) is 23.5 Å². The van der Waals surface area contributed by atoms with Crippen molar-refractivity contribution in [1.82, 2.24) is 9.97 Å². The van der Waals surface area contributed by atoms with Gasteiger partial charge in [0.05, 0.1) is 0 Å². The summed E-state index contributed by atoms with van der Waals surface area (Å²) in [5, 5.41) is 0. The zero-order chi connectivity index (χ0) is 10.3. The third-order valence-corrected chi connectivity index (χ3v) is 2.45. The van der Waals surface area contributed by atoms with Crippen molar-refractivity contribution in [2.45, 2.75) is 0 Å². The molecule has 0 radical (unpaired) electrons. The highest BCUT2D eigenvalue weighted by molar-refractivity contribution is 6.19. The molecule has 1 aliphatic carbocycles. The fourth-order valence-electron chi connectivity index (χ4n) is 1.83. The summed E-state index contributed by atoms with van der Waals surface area (Å²) in [5.74, 6) is 0. The van der Waals surface area contributed by atoms with Gasteiger partial charge in [0.2, 0.25) is 0 Å². The quantitative estimate of drug-likeness (QED) is 0.402. The predicted octanol–water partition coefficient (Wildman–Crippen LogP) is 1.52. The second-order valence-electron chi connectivity index (χ2n) is 3.25. The van der Waals surface area contributed by atoms with Crippen LogP contribution in [-0.4, -0.2) is 20.5 Å². The highest BCUT2D eigenvalue weighted by Gasteiger charge is 2.33. The van der Waals surface area contributed by atoms with Gasteiger partial charge < -0.3 is 5.53 Å². The van der Waals surface area contributed by atoms with Crippen molar-refractivity contribution in [2.75, 3.05) is 0 Å². The molecule has 3 rings (SSSR count). The standard InChI is InChI=1S/C11H6N4/c12-15-11-9-7(3-1-5-13-9)8-4-2-6-14-10(8)11/h1-6H. The molecule has 15 heavy (non-hydrogen) atoms. The fraction of sp³-hybridized carbons (Fsp3) is 0. The minimum atomic E-state index is 0.446. The van der Waals surface area contributed by atoms with Crippen LogP contribution in [0.15, 0.2) is 36.7 Å². The summed E-state index contributed by atoms with van der Waals surface area (Å²) >= 11 is 0. The Bertz CT molecular complexity index is 550. The number of hydrogen-bond donors (Lipinski definition) is 0. The topological polar surface area (TPSA) is 62.2 Å². The maximum Gasteiger partial charge on any atom is 0.367 e. The van der Waals surface area contributed by atoms with Gasteiger partial charge in [-0.15, -0.1) is 0 Å². The first kappa shape index (κ1) is 8.03. The number of pyridine rings is 2. The summed E-state index contributed by atoms with van der Waals surface area (Å²) in [4.78, 5) is 11.7. The van der Waals surface area contributed by atoms with Crippen molar-refractivity contribution in [2.24, 2.45) is 0 Å². The summed E-state index contributed by atoms with van der Waals surface area (Å²) in [6.45, 7) is 0. The molecule has 70 valence electrons. The van der Waals surface area contributed by atoms with Crippen LogP contribution in [0.4, 0.5) is 0 Å². The lowest BCUT2D eigenvalue weighted by Crippen LogP contribution is -2.03. The highest BCUT2D eigenvalue weighted by Crippen LogP contribution is 2.32. The average Bonchev–Trinajstić information content (AvgIpc) is 2.63. The third-order valence-electron chi connectivity index (χ3n) is 2.45. The van der Waals surface area contributed by atoms with E-state index in [4.69, 9.17) is 5.53 Å².